The van der Waals surface area contributed by atoms with Gasteiger partial charge in [0.1, 0.15) is 12.6 Å². The molecule has 0 spiro atoms. The number of carbonyl (C=O) groups excluding carboxylic acids is 2. The summed E-state index contributed by atoms with van der Waals surface area (Å²) >= 11 is 0. The lowest BCUT2D eigenvalue weighted by Gasteiger charge is -2.16. The van der Waals surface area contributed by atoms with Crippen LogP contribution < -0.4 is 0 Å². The molecule has 3 aromatic rings. The van der Waals surface area contributed by atoms with E-state index in [0.29, 0.717) is 17.2 Å². The largest absolute Gasteiger partial charge is 0.338 e. The number of benzene rings is 2. The molecule has 0 radical (unpaired) electrons. The third-order valence-corrected chi connectivity index (χ3v) is 4.54. The van der Waals surface area contributed by atoms with Gasteiger partial charge in [0.15, 0.2) is 0 Å². The Bertz CT molecular complexity index is 811. The number of fused-ring (bicyclic) bond motifs is 3. The van der Waals surface area contributed by atoms with E-state index in [0.717, 1.165) is 40.8 Å². The highest BCUT2D eigenvalue weighted by atomic mass is 16.1. The Morgan fingerprint density at radius 3 is 1.91 bits per heavy atom. The quantitative estimate of drug-likeness (QED) is 0.589. The normalized spacial score (nSPS) is 12.6. The summed E-state index contributed by atoms with van der Waals surface area (Å²) in [7, 11) is 0. The number of aldehydes is 2. The van der Waals surface area contributed by atoms with Crippen molar-refractivity contribution in [1.29, 1.82) is 0 Å². The van der Waals surface area contributed by atoms with Gasteiger partial charge in [0.2, 0.25) is 0 Å². The number of rotatable bonds is 6. The molecule has 0 N–H and O–H groups in total. The van der Waals surface area contributed by atoms with Crippen molar-refractivity contribution in [3.05, 3.63) is 47.5 Å². The molecular formula is C20H21NO2. The first-order valence-electron chi connectivity index (χ1n) is 8.17. The smallest absolute Gasteiger partial charge is 0.150 e. The van der Waals surface area contributed by atoms with Crippen LogP contribution in [0.15, 0.2) is 36.4 Å². The van der Waals surface area contributed by atoms with Crippen LogP contribution in [-0.2, 0) is 0 Å². The highest BCUT2D eigenvalue weighted by Gasteiger charge is 2.15. The summed E-state index contributed by atoms with van der Waals surface area (Å²) in [5.41, 5.74) is 3.57. The van der Waals surface area contributed by atoms with Crippen LogP contribution in [-0.4, -0.2) is 17.1 Å². The van der Waals surface area contributed by atoms with E-state index in [1.54, 1.807) is 0 Å². The van der Waals surface area contributed by atoms with Crippen LogP contribution in [0, 0.1) is 0 Å². The van der Waals surface area contributed by atoms with Gasteiger partial charge < -0.3 is 4.57 Å². The Kier molecular flexibility index (Phi) is 4.28. The summed E-state index contributed by atoms with van der Waals surface area (Å²) in [6.45, 7) is 4.43. The topological polar surface area (TPSA) is 39.1 Å². The second-order valence-corrected chi connectivity index (χ2v) is 6.15. The molecule has 1 heterocycles. The lowest BCUT2D eigenvalue weighted by molar-refractivity contribution is 0.111. The van der Waals surface area contributed by atoms with Crippen molar-refractivity contribution in [2.45, 2.75) is 39.2 Å². The van der Waals surface area contributed by atoms with Crippen LogP contribution in [0.3, 0.4) is 0 Å². The zero-order valence-corrected chi connectivity index (χ0v) is 13.6. The standard InChI is InChI=1S/C20H21NO2/c1-3-4-5-14(2)21-19-8-6-15(12-22)10-17(19)18-11-16(13-23)7-9-20(18)21/h6-14H,3-5H2,1-2H3. The average molecular weight is 307 g/mol. The Labute approximate surface area is 135 Å². The first-order chi connectivity index (χ1) is 11.2. The third kappa shape index (κ3) is 2.67. The van der Waals surface area contributed by atoms with Crippen molar-refractivity contribution < 1.29 is 9.59 Å². The summed E-state index contributed by atoms with van der Waals surface area (Å²) in [5.74, 6) is 0. The molecule has 0 aliphatic heterocycles. The molecule has 0 aliphatic carbocycles. The molecule has 1 unspecified atom stereocenters. The van der Waals surface area contributed by atoms with Gasteiger partial charge in [-0.15, -0.1) is 0 Å². The summed E-state index contributed by atoms with van der Waals surface area (Å²) in [5, 5.41) is 2.08. The van der Waals surface area contributed by atoms with Gasteiger partial charge in [0, 0.05) is 39.0 Å². The molecule has 2 aromatic carbocycles. The molecule has 23 heavy (non-hydrogen) atoms. The maximum absolute atomic E-state index is 11.1. The molecule has 3 heteroatoms. The van der Waals surface area contributed by atoms with Crippen molar-refractivity contribution in [3.63, 3.8) is 0 Å². The minimum atomic E-state index is 0.374. The fraction of sp³-hybridized carbons (Fsp3) is 0.300. The lowest BCUT2D eigenvalue weighted by atomic mass is 10.1. The third-order valence-electron chi connectivity index (χ3n) is 4.54. The predicted molar refractivity (Wildman–Crippen MR) is 94.5 cm³/mol. The van der Waals surface area contributed by atoms with Crippen LogP contribution >= 0.6 is 0 Å². The molecule has 0 saturated heterocycles. The molecule has 0 aliphatic rings. The highest BCUT2D eigenvalue weighted by Crippen LogP contribution is 2.34. The van der Waals surface area contributed by atoms with E-state index in [2.05, 4.69) is 18.4 Å². The van der Waals surface area contributed by atoms with Crippen LogP contribution in [0.5, 0.6) is 0 Å². The van der Waals surface area contributed by atoms with Crippen LogP contribution in [0.2, 0.25) is 0 Å². The Morgan fingerprint density at radius 1 is 0.957 bits per heavy atom. The second kappa shape index (κ2) is 6.37. The number of hydrogen-bond acceptors (Lipinski definition) is 2. The minimum Gasteiger partial charge on any atom is -0.338 e. The van der Waals surface area contributed by atoms with E-state index < -0.39 is 0 Å². The van der Waals surface area contributed by atoms with Crippen LogP contribution in [0.25, 0.3) is 21.8 Å². The van der Waals surface area contributed by atoms with E-state index >= 15 is 0 Å². The number of hydrogen-bond donors (Lipinski definition) is 0. The first-order valence-corrected chi connectivity index (χ1v) is 8.17. The van der Waals surface area contributed by atoms with Gasteiger partial charge in [0.25, 0.3) is 0 Å². The molecule has 1 aromatic heterocycles. The molecule has 3 nitrogen and oxygen atoms in total. The highest BCUT2D eigenvalue weighted by molar-refractivity contribution is 6.10. The summed E-state index contributed by atoms with van der Waals surface area (Å²) < 4.78 is 2.34. The maximum atomic E-state index is 11.1. The molecule has 0 fully saturated rings. The molecule has 1 atom stereocenters. The second-order valence-electron chi connectivity index (χ2n) is 6.15. The van der Waals surface area contributed by atoms with Gasteiger partial charge in [0.05, 0.1) is 0 Å². The number of unbranched alkanes of at least 4 members (excludes halogenated alkanes) is 1. The van der Waals surface area contributed by atoms with Crippen molar-refractivity contribution in [3.8, 4) is 0 Å². The van der Waals surface area contributed by atoms with Crippen LogP contribution in [0.1, 0.15) is 59.9 Å². The van der Waals surface area contributed by atoms with E-state index in [4.69, 9.17) is 0 Å². The fourth-order valence-electron chi connectivity index (χ4n) is 3.34. The predicted octanol–water partition coefficient (Wildman–Crippen LogP) is 5.17. The molecular weight excluding hydrogens is 286 g/mol. The van der Waals surface area contributed by atoms with Gasteiger partial charge in [-0.1, -0.05) is 19.8 Å². The number of aromatic nitrogens is 1. The zero-order chi connectivity index (χ0) is 16.4. The van der Waals surface area contributed by atoms with Gasteiger partial charge in [-0.05, 0) is 49.7 Å². The number of nitrogens with zero attached hydrogens (tertiary/aromatic N) is 1. The van der Waals surface area contributed by atoms with E-state index in [1.165, 1.54) is 12.8 Å². The number of carbonyl (C=O) groups is 2. The zero-order valence-electron chi connectivity index (χ0n) is 13.6. The molecule has 0 bridgehead atoms. The maximum Gasteiger partial charge on any atom is 0.150 e. The molecule has 3 rings (SSSR count). The minimum absolute atomic E-state index is 0.374. The van der Waals surface area contributed by atoms with E-state index in [1.807, 2.05) is 36.4 Å². The van der Waals surface area contributed by atoms with Crippen molar-refractivity contribution in [1.82, 2.24) is 4.57 Å². The summed E-state index contributed by atoms with van der Waals surface area (Å²) in [6, 6.07) is 12.0. The molecule has 0 amide bonds. The van der Waals surface area contributed by atoms with Crippen molar-refractivity contribution in [2.75, 3.05) is 0 Å². The van der Waals surface area contributed by atoms with Gasteiger partial charge >= 0.3 is 0 Å². The van der Waals surface area contributed by atoms with Gasteiger partial charge in [-0.3, -0.25) is 9.59 Å². The SMILES string of the molecule is CCCCC(C)n1c2ccc(C=O)cc2c2cc(C=O)ccc21. The Morgan fingerprint density at radius 2 is 1.48 bits per heavy atom. The monoisotopic (exact) mass is 307 g/mol. The molecule has 118 valence electrons. The molecule has 0 saturated carbocycles. The fourth-order valence-corrected chi connectivity index (χ4v) is 3.34. The first kappa shape index (κ1) is 15.5. The Hall–Kier alpha value is -2.42. The van der Waals surface area contributed by atoms with Gasteiger partial charge in [-0.25, -0.2) is 0 Å². The summed E-state index contributed by atoms with van der Waals surface area (Å²) in [4.78, 5) is 22.3. The summed E-state index contributed by atoms with van der Waals surface area (Å²) in [6.07, 6.45) is 5.20. The Balaban J connectivity index is 2.31. The van der Waals surface area contributed by atoms with Crippen molar-refractivity contribution >= 4 is 34.4 Å². The van der Waals surface area contributed by atoms with Gasteiger partial charge in [-0.2, -0.15) is 0 Å². The van der Waals surface area contributed by atoms with Crippen LogP contribution in [0.4, 0.5) is 0 Å². The lowest BCUT2D eigenvalue weighted by Crippen LogP contribution is -2.04. The average Bonchev–Trinajstić information content (AvgIpc) is 2.92. The van der Waals surface area contributed by atoms with E-state index in [9.17, 15) is 9.59 Å². The van der Waals surface area contributed by atoms with Crippen molar-refractivity contribution in [2.24, 2.45) is 0 Å². The van der Waals surface area contributed by atoms with E-state index in [-0.39, 0.29) is 0 Å².